The summed E-state index contributed by atoms with van der Waals surface area (Å²) >= 11 is 6.21. The summed E-state index contributed by atoms with van der Waals surface area (Å²) in [5.41, 5.74) is 2.20. The van der Waals surface area contributed by atoms with Gasteiger partial charge < -0.3 is 14.8 Å². The number of aryl methyl sites for hydroxylation is 1. The Morgan fingerprint density at radius 1 is 1.32 bits per heavy atom. The molecule has 0 aromatic heterocycles. The average molecular weight is 402 g/mol. The molecule has 1 heterocycles. The molecule has 1 aliphatic heterocycles. The maximum Gasteiger partial charge on any atom is 0.258 e. The molecular weight excluding hydrogens is 378 g/mol. The smallest absolute Gasteiger partial charge is 0.258 e. The lowest BCUT2D eigenvalue weighted by atomic mass is 10.2. The van der Waals surface area contributed by atoms with E-state index < -0.39 is 0 Å². The number of hydrogen-bond acceptors (Lipinski definition) is 4. The molecule has 6 nitrogen and oxygen atoms in total. The number of amides is 1. The third kappa shape index (κ3) is 5.47. The Balaban J connectivity index is 1.76. The largest absolute Gasteiger partial charge is 0.497 e. The van der Waals surface area contributed by atoms with Gasteiger partial charge in [0, 0.05) is 22.9 Å². The Morgan fingerprint density at radius 2 is 2.18 bits per heavy atom. The lowest BCUT2D eigenvalue weighted by molar-refractivity contribution is 0.0975. The van der Waals surface area contributed by atoms with E-state index in [2.05, 4.69) is 15.6 Å². The van der Waals surface area contributed by atoms with E-state index in [-0.39, 0.29) is 12.0 Å². The fraction of sp³-hybridized carbons (Fsp3) is 0.333. The van der Waals surface area contributed by atoms with Gasteiger partial charge in [0.05, 0.1) is 19.8 Å². The van der Waals surface area contributed by atoms with Crippen LogP contribution in [0.2, 0.25) is 5.02 Å². The number of carbonyl (C=O) groups is 1. The third-order valence-corrected chi connectivity index (χ3v) is 4.88. The van der Waals surface area contributed by atoms with Crippen molar-refractivity contribution in [1.82, 2.24) is 5.32 Å². The molecule has 3 rings (SSSR count). The second-order valence-corrected chi connectivity index (χ2v) is 7.01. The van der Waals surface area contributed by atoms with E-state index in [1.807, 2.05) is 19.1 Å². The summed E-state index contributed by atoms with van der Waals surface area (Å²) < 4.78 is 10.8. The van der Waals surface area contributed by atoms with Gasteiger partial charge in [-0.25, -0.2) is 4.99 Å². The van der Waals surface area contributed by atoms with Crippen LogP contribution in [-0.4, -0.2) is 38.2 Å². The van der Waals surface area contributed by atoms with Gasteiger partial charge in [0.15, 0.2) is 0 Å². The van der Waals surface area contributed by atoms with Crippen molar-refractivity contribution in [2.45, 2.75) is 25.9 Å². The summed E-state index contributed by atoms with van der Waals surface area (Å²) in [6, 6.07) is 12.6. The molecule has 1 saturated heterocycles. The molecule has 148 valence electrons. The first-order valence-electron chi connectivity index (χ1n) is 9.20. The molecule has 1 fully saturated rings. The molecule has 0 bridgehead atoms. The molecule has 1 atom stereocenters. The summed E-state index contributed by atoms with van der Waals surface area (Å²) in [4.78, 5) is 17.2. The van der Waals surface area contributed by atoms with E-state index in [0.29, 0.717) is 28.8 Å². The zero-order valence-electron chi connectivity index (χ0n) is 16.0. The van der Waals surface area contributed by atoms with Gasteiger partial charge in [-0.2, -0.15) is 0 Å². The number of benzene rings is 2. The van der Waals surface area contributed by atoms with Crippen molar-refractivity contribution in [3.63, 3.8) is 0 Å². The van der Waals surface area contributed by atoms with Crippen LogP contribution in [0, 0.1) is 6.92 Å². The topological polar surface area (TPSA) is 72.0 Å². The molecule has 1 unspecified atom stereocenters. The maximum atomic E-state index is 12.7. The first-order chi connectivity index (χ1) is 13.5. The van der Waals surface area contributed by atoms with Crippen molar-refractivity contribution >= 4 is 29.2 Å². The molecule has 0 spiro atoms. The standard InChI is InChI=1S/C21H24ClN3O3/c1-14-8-9-16(12-19(14)22)24-21(23-13-18-7-4-10-28-18)25-20(26)15-5-3-6-17(11-15)27-2/h3,5-6,8-9,11-12,18H,4,7,10,13H2,1-2H3,(H2,23,24,25,26). The Kier molecular flexibility index (Phi) is 6.90. The van der Waals surface area contributed by atoms with Gasteiger partial charge in [-0.15, -0.1) is 0 Å². The number of anilines is 1. The summed E-state index contributed by atoms with van der Waals surface area (Å²) in [7, 11) is 1.56. The Hall–Kier alpha value is -2.57. The molecule has 2 aromatic rings. The molecule has 0 aliphatic carbocycles. The number of methoxy groups -OCH3 is 1. The van der Waals surface area contributed by atoms with E-state index >= 15 is 0 Å². The van der Waals surface area contributed by atoms with E-state index in [1.54, 1.807) is 37.4 Å². The van der Waals surface area contributed by atoms with E-state index in [0.717, 1.165) is 30.7 Å². The summed E-state index contributed by atoms with van der Waals surface area (Å²) in [6.45, 7) is 3.16. The van der Waals surface area contributed by atoms with Crippen molar-refractivity contribution in [3.05, 3.63) is 58.6 Å². The van der Waals surface area contributed by atoms with Crippen LogP contribution >= 0.6 is 11.6 Å². The van der Waals surface area contributed by atoms with Gasteiger partial charge >= 0.3 is 0 Å². The number of aliphatic imine (C=N–C) groups is 1. The zero-order chi connectivity index (χ0) is 19.9. The predicted octanol–water partition coefficient (Wildman–Crippen LogP) is 4.03. The van der Waals surface area contributed by atoms with E-state index in [4.69, 9.17) is 21.1 Å². The highest BCUT2D eigenvalue weighted by Crippen LogP contribution is 2.20. The van der Waals surface area contributed by atoms with Crippen LogP contribution < -0.4 is 15.4 Å². The van der Waals surface area contributed by atoms with E-state index in [1.165, 1.54) is 0 Å². The fourth-order valence-electron chi connectivity index (χ4n) is 2.84. The highest BCUT2D eigenvalue weighted by molar-refractivity contribution is 6.31. The number of halogens is 1. The number of ether oxygens (including phenoxy) is 2. The van der Waals surface area contributed by atoms with Crippen LogP contribution in [0.5, 0.6) is 5.75 Å². The van der Waals surface area contributed by atoms with Crippen LogP contribution in [-0.2, 0) is 4.74 Å². The first kappa shape index (κ1) is 20.2. The summed E-state index contributed by atoms with van der Waals surface area (Å²) in [5, 5.41) is 6.63. The summed E-state index contributed by atoms with van der Waals surface area (Å²) in [5.74, 6) is 0.683. The normalized spacial score (nSPS) is 16.7. The number of rotatable bonds is 5. The number of nitrogens with zero attached hydrogens (tertiary/aromatic N) is 1. The first-order valence-corrected chi connectivity index (χ1v) is 9.57. The van der Waals surface area contributed by atoms with Crippen LogP contribution in [0.15, 0.2) is 47.5 Å². The fourth-order valence-corrected chi connectivity index (χ4v) is 3.02. The van der Waals surface area contributed by atoms with Gasteiger partial charge in [-0.1, -0.05) is 23.7 Å². The van der Waals surface area contributed by atoms with Gasteiger partial charge in [0.2, 0.25) is 5.96 Å². The van der Waals surface area contributed by atoms with Crippen LogP contribution in [0.3, 0.4) is 0 Å². The lowest BCUT2D eigenvalue weighted by Crippen LogP contribution is -2.36. The zero-order valence-corrected chi connectivity index (χ0v) is 16.8. The molecule has 0 radical (unpaired) electrons. The van der Waals surface area contributed by atoms with E-state index in [9.17, 15) is 4.79 Å². The molecule has 2 aromatic carbocycles. The molecule has 28 heavy (non-hydrogen) atoms. The summed E-state index contributed by atoms with van der Waals surface area (Å²) in [6.07, 6.45) is 2.08. The SMILES string of the molecule is COc1cccc(C(=O)NC(=NCC2CCCO2)Nc2ccc(C)c(Cl)c2)c1. The Morgan fingerprint density at radius 3 is 2.89 bits per heavy atom. The Bertz CT molecular complexity index is 864. The molecule has 2 N–H and O–H groups in total. The van der Waals surface area contributed by atoms with Crippen molar-refractivity contribution < 1.29 is 14.3 Å². The van der Waals surface area contributed by atoms with Crippen LogP contribution in [0.4, 0.5) is 5.69 Å². The maximum absolute atomic E-state index is 12.7. The van der Waals surface area contributed by atoms with Crippen LogP contribution in [0.25, 0.3) is 0 Å². The second kappa shape index (κ2) is 9.57. The highest BCUT2D eigenvalue weighted by atomic mass is 35.5. The molecular formula is C21H24ClN3O3. The molecule has 0 saturated carbocycles. The minimum Gasteiger partial charge on any atom is -0.497 e. The van der Waals surface area contributed by atoms with Gasteiger partial charge in [-0.05, 0) is 55.7 Å². The predicted molar refractivity (Wildman–Crippen MR) is 112 cm³/mol. The van der Waals surface area contributed by atoms with Crippen molar-refractivity contribution in [3.8, 4) is 5.75 Å². The molecule has 1 amide bonds. The minimum absolute atomic E-state index is 0.0760. The number of nitrogens with one attached hydrogen (secondary N) is 2. The molecule has 1 aliphatic rings. The van der Waals surface area contributed by atoms with Crippen molar-refractivity contribution in [2.75, 3.05) is 25.6 Å². The highest BCUT2D eigenvalue weighted by Gasteiger charge is 2.16. The second-order valence-electron chi connectivity index (χ2n) is 6.60. The third-order valence-electron chi connectivity index (χ3n) is 4.48. The number of guanidine groups is 1. The molecule has 7 heteroatoms. The number of hydrogen-bond donors (Lipinski definition) is 2. The lowest BCUT2D eigenvalue weighted by Gasteiger charge is -2.14. The quantitative estimate of drug-likeness (QED) is 0.586. The van der Waals surface area contributed by atoms with Crippen molar-refractivity contribution in [1.29, 1.82) is 0 Å². The minimum atomic E-state index is -0.282. The average Bonchev–Trinajstić information content (AvgIpc) is 3.22. The van der Waals surface area contributed by atoms with Crippen LogP contribution in [0.1, 0.15) is 28.8 Å². The number of carbonyl (C=O) groups excluding carboxylic acids is 1. The van der Waals surface area contributed by atoms with Gasteiger partial charge in [-0.3, -0.25) is 10.1 Å². The Labute approximate surface area is 169 Å². The van der Waals surface area contributed by atoms with Gasteiger partial charge in [0.1, 0.15) is 5.75 Å². The van der Waals surface area contributed by atoms with Crippen molar-refractivity contribution in [2.24, 2.45) is 4.99 Å². The van der Waals surface area contributed by atoms with Gasteiger partial charge in [0.25, 0.3) is 5.91 Å². The monoisotopic (exact) mass is 401 g/mol.